The number of ether oxygens (including phenoxy) is 2. The minimum Gasteiger partial charge on any atom is -0.454 e. The van der Waals surface area contributed by atoms with Crippen LogP contribution in [0.25, 0.3) is 0 Å². The third-order valence-electron chi connectivity index (χ3n) is 4.76. The molecule has 1 atom stereocenters. The molecule has 0 aliphatic carbocycles. The summed E-state index contributed by atoms with van der Waals surface area (Å²) in [6.45, 7) is 1.82. The first-order chi connectivity index (χ1) is 12.7. The van der Waals surface area contributed by atoms with Crippen molar-refractivity contribution in [2.45, 2.75) is 18.1 Å². The SMILES string of the molecule is O=C(Cc1ccccc1Cl)N1CCSC(c2ccc3c(c2)OCO3)CC1. The van der Waals surface area contributed by atoms with Crippen molar-refractivity contribution < 1.29 is 14.3 Å². The number of hydrogen-bond acceptors (Lipinski definition) is 4. The van der Waals surface area contributed by atoms with E-state index in [2.05, 4.69) is 12.1 Å². The second kappa shape index (κ2) is 7.80. The molecule has 2 aromatic carbocycles. The molecule has 1 saturated heterocycles. The van der Waals surface area contributed by atoms with E-state index < -0.39 is 0 Å². The Hall–Kier alpha value is -1.85. The molecule has 4 nitrogen and oxygen atoms in total. The van der Waals surface area contributed by atoms with E-state index in [4.69, 9.17) is 21.1 Å². The molecule has 0 radical (unpaired) electrons. The number of fused-ring (bicyclic) bond motifs is 1. The fourth-order valence-electron chi connectivity index (χ4n) is 3.32. The second-order valence-corrected chi connectivity index (χ2v) is 8.13. The molecule has 0 bridgehead atoms. The molecule has 4 rings (SSSR count). The van der Waals surface area contributed by atoms with Crippen LogP contribution in [-0.2, 0) is 11.2 Å². The summed E-state index contributed by atoms with van der Waals surface area (Å²) in [5, 5.41) is 1.02. The summed E-state index contributed by atoms with van der Waals surface area (Å²) in [5.74, 6) is 2.70. The van der Waals surface area contributed by atoms with Gasteiger partial charge in [-0.3, -0.25) is 4.79 Å². The average molecular weight is 390 g/mol. The number of carbonyl (C=O) groups is 1. The van der Waals surface area contributed by atoms with Crippen molar-refractivity contribution in [1.29, 1.82) is 0 Å². The standard InChI is InChI=1S/C20H20ClNO3S/c21-16-4-2-1-3-14(16)12-20(23)22-8-7-19(26-10-9-22)15-5-6-17-18(11-15)25-13-24-17/h1-6,11,19H,7-10,12-13H2. The summed E-state index contributed by atoms with van der Waals surface area (Å²) in [6.07, 6.45) is 1.29. The largest absolute Gasteiger partial charge is 0.454 e. The third kappa shape index (κ3) is 3.79. The molecular formula is C20H20ClNO3S. The number of carbonyl (C=O) groups excluding carboxylic acids is 1. The third-order valence-corrected chi connectivity index (χ3v) is 6.46. The zero-order valence-electron chi connectivity index (χ0n) is 14.3. The molecule has 1 unspecified atom stereocenters. The average Bonchev–Trinajstić information content (AvgIpc) is 2.98. The van der Waals surface area contributed by atoms with Crippen LogP contribution in [-0.4, -0.2) is 36.4 Å². The number of nitrogens with zero attached hydrogens (tertiary/aromatic N) is 1. The summed E-state index contributed by atoms with van der Waals surface area (Å²) < 4.78 is 10.9. The molecule has 2 heterocycles. The first-order valence-corrected chi connectivity index (χ1v) is 10.2. The monoisotopic (exact) mass is 389 g/mol. The molecule has 2 aliphatic rings. The number of rotatable bonds is 3. The number of benzene rings is 2. The molecule has 0 N–H and O–H groups in total. The number of hydrogen-bond donors (Lipinski definition) is 0. The van der Waals surface area contributed by atoms with Gasteiger partial charge in [-0.15, -0.1) is 0 Å². The Kier molecular flexibility index (Phi) is 5.27. The molecule has 0 aromatic heterocycles. The molecule has 136 valence electrons. The second-order valence-electron chi connectivity index (χ2n) is 6.41. The van der Waals surface area contributed by atoms with Crippen LogP contribution in [0.1, 0.15) is 22.8 Å². The number of thioether (sulfide) groups is 1. The van der Waals surface area contributed by atoms with Gasteiger partial charge in [-0.05, 0) is 35.7 Å². The molecule has 26 heavy (non-hydrogen) atoms. The van der Waals surface area contributed by atoms with Gasteiger partial charge in [0.05, 0.1) is 6.42 Å². The minimum absolute atomic E-state index is 0.144. The lowest BCUT2D eigenvalue weighted by Gasteiger charge is -2.20. The van der Waals surface area contributed by atoms with Crippen LogP contribution in [0.15, 0.2) is 42.5 Å². The van der Waals surface area contributed by atoms with Crippen molar-refractivity contribution in [3.63, 3.8) is 0 Å². The molecule has 2 aliphatic heterocycles. The lowest BCUT2D eigenvalue weighted by Crippen LogP contribution is -2.34. The molecule has 0 spiro atoms. The van der Waals surface area contributed by atoms with Gasteiger partial charge in [0.2, 0.25) is 12.7 Å². The van der Waals surface area contributed by atoms with Crippen molar-refractivity contribution in [3.8, 4) is 11.5 Å². The smallest absolute Gasteiger partial charge is 0.231 e. The predicted molar refractivity (Wildman–Crippen MR) is 104 cm³/mol. The maximum Gasteiger partial charge on any atom is 0.231 e. The van der Waals surface area contributed by atoms with Gasteiger partial charge in [-0.25, -0.2) is 0 Å². The van der Waals surface area contributed by atoms with Gasteiger partial charge in [0.15, 0.2) is 11.5 Å². The van der Waals surface area contributed by atoms with Crippen molar-refractivity contribution >= 4 is 29.3 Å². The van der Waals surface area contributed by atoms with Crippen LogP contribution in [0.5, 0.6) is 11.5 Å². The first kappa shape index (κ1) is 17.6. The topological polar surface area (TPSA) is 38.8 Å². The molecule has 1 fully saturated rings. The Labute approximate surface area is 162 Å². The van der Waals surface area contributed by atoms with E-state index in [9.17, 15) is 4.79 Å². The lowest BCUT2D eigenvalue weighted by molar-refractivity contribution is -0.130. The molecule has 2 aromatic rings. The molecule has 1 amide bonds. The van der Waals surface area contributed by atoms with E-state index in [1.165, 1.54) is 5.56 Å². The van der Waals surface area contributed by atoms with Crippen LogP contribution in [0.2, 0.25) is 5.02 Å². The quantitative estimate of drug-likeness (QED) is 0.783. The highest BCUT2D eigenvalue weighted by Crippen LogP contribution is 2.40. The van der Waals surface area contributed by atoms with Crippen LogP contribution >= 0.6 is 23.4 Å². The maximum atomic E-state index is 12.7. The first-order valence-electron chi connectivity index (χ1n) is 8.73. The number of halogens is 1. The van der Waals surface area contributed by atoms with Crippen molar-refractivity contribution in [1.82, 2.24) is 4.90 Å². The Balaban J connectivity index is 1.40. The van der Waals surface area contributed by atoms with E-state index >= 15 is 0 Å². The number of amides is 1. The Bertz CT molecular complexity index is 813. The fraction of sp³-hybridized carbons (Fsp3) is 0.350. The van der Waals surface area contributed by atoms with E-state index in [-0.39, 0.29) is 5.91 Å². The van der Waals surface area contributed by atoms with Crippen LogP contribution in [0, 0.1) is 0 Å². The summed E-state index contributed by atoms with van der Waals surface area (Å²) in [4.78, 5) is 14.7. The van der Waals surface area contributed by atoms with Crippen LogP contribution in [0.3, 0.4) is 0 Å². The van der Waals surface area contributed by atoms with Crippen molar-refractivity contribution in [2.75, 3.05) is 25.6 Å². The highest BCUT2D eigenvalue weighted by molar-refractivity contribution is 7.99. The summed E-state index contributed by atoms with van der Waals surface area (Å²) in [7, 11) is 0. The summed E-state index contributed by atoms with van der Waals surface area (Å²) >= 11 is 8.09. The Morgan fingerprint density at radius 3 is 2.88 bits per heavy atom. The van der Waals surface area contributed by atoms with Crippen molar-refractivity contribution in [3.05, 3.63) is 58.6 Å². The molecule has 6 heteroatoms. The van der Waals surface area contributed by atoms with E-state index in [1.54, 1.807) is 0 Å². The van der Waals surface area contributed by atoms with Gasteiger partial charge >= 0.3 is 0 Å². The normalized spacial score (nSPS) is 19.3. The fourth-order valence-corrected chi connectivity index (χ4v) is 4.74. The summed E-state index contributed by atoms with van der Waals surface area (Å²) in [6, 6.07) is 13.7. The molecule has 0 saturated carbocycles. The van der Waals surface area contributed by atoms with Crippen LogP contribution < -0.4 is 9.47 Å². The van der Waals surface area contributed by atoms with E-state index in [1.807, 2.05) is 47.0 Å². The van der Waals surface area contributed by atoms with Gasteiger partial charge < -0.3 is 14.4 Å². The Morgan fingerprint density at radius 2 is 2.00 bits per heavy atom. The van der Waals surface area contributed by atoms with Gasteiger partial charge in [-0.2, -0.15) is 11.8 Å². The van der Waals surface area contributed by atoms with Gasteiger partial charge in [0.25, 0.3) is 0 Å². The zero-order chi connectivity index (χ0) is 17.9. The van der Waals surface area contributed by atoms with Crippen molar-refractivity contribution in [2.24, 2.45) is 0 Å². The Morgan fingerprint density at radius 1 is 1.15 bits per heavy atom. The molecular weight excluding hydrogens is 370 g/mol. The van der Waals surface area contributed by atoms with Crippen LogP contribution in [0.4, 0.5) is 0 Å². The highest BCUT2D eigenvalue weighted by Gasteiger charge is 2.24. The van der Waals surface area contributed by atoms with Gasteiger partial charge in [0, 0.05) is 29.1 Å². The van der Waals surface area contributed by atoms with E-state index in [0.29, 0.717) is 23.5 Å². The van der Waals surface area contributed by atoms with Gasteiger partial charge in [0.1, 0.15) is 0 Å². The zero-order valence-corrected chi connectivity index (χ0v) is 15.9. The van der Waals surface area contributed by atoms with E-state index in [0.717, 1.165) is 42.3 Å². The minimum atomic E-state index is 0.144. The predicted octanol–water partition coefficient (Wildman–Crippen LogP) is 4.32. The lowest BCUT2D eigenvalue weighted by atomic mass is 10.1. The summed E-state index contributed by atoms with van der Waals surface area (Å²) in [5.41, 5.74) is 2.13. The highest BCUT2D eigenvalue weighted by atomic mass is 35.5. The van der Waals surface area contributed by atoms with Gasteiger partial charge in [-0.1, -0.05) is 35.9 Å². The maximum absolute atomic E-state index is 12.7.